The number of fused-ring (bicyclic) bond motifs is 1. The van der Waals surface area contributed by atoms with Crippen LogP contribution in [-0.4, -0.2) is 79.2 Å². The molecular formula is C36H44ClN3O7S. The molecule has 1 aliphatic carbocycles. The third kappa shape index (κ3) is 8.18. The highest BCUT2D eigenvalue weighted by atomic mass is 35.5. The zero-order chi connectivity index (χ0) is 34.1. The van der Waals surface area contributed by atoms with Gasteiger partial charge in [-0.2, -0.15) is 4.31 Å². The van der Waals surface area contributed by atoms with Crippen LogP contribution < -0.4 is 14.8 Å². The molecule has 0 radical (unpaired) electrons. The van der Waals surface area contributed by atoms with Crippen molar-refractivity contribution in [1.82, 2.24) is 14.5 Å². The van der Waals surface area contributed by atoms with E-state index in [1.807, 2.05) is 18.2 Å². The van der Waals surface area contributed by atoms with Crippen molar-refractivity contribution >= 4 is 44.4 Å². The third-order valence-corrected chi connectivity index (χ3v) is 11.3. The van der Waals surface area contributed by atoms with Gasteiger partial charge in [0.2, 0.25) is 15.9 Å². The maximum Gasteiger partial charge on any atom is 0.407 e. The summed E-state index contributed by atoms with van der Waals surface area (Å²) >= 11 is 6.05. The van der Waals surface area contributed by atoms with Crippen LogP contribution in [0.5, 0.6) is 11.5 Å². The Morgan fingerprint density at radius 1 is 0.833 bits per heavy atom. The number of benzene rings is 3. The van der Waals surface area contributed by atoms with E-state index in [0.717, 1.165) is 29.4 Å². The standard InChI is InChI=1S/C36H44ClN3O7S/c1-36(2,3)47-35(42)38-27-16-18-39(19-17-27)34(41)33-22-31(46-29-13-10-26(37)11-14-29)23-40(33)48(43,44)32-15-9-24-20-30(12-8-25(24)21-32)45-28-6-4-5-7-28/h8-15,20-21,27-28,31,33H,4-7,16-19,22-23H2,1-3H3,(H,38,42)/t31-,33-/m0/s1. The van der Waals surface area contributed by atoms with Gasteiger partial charge in [-0.05, 0) is 119 Å². The number of alkyl carbamates (subject to hydrolysis) is 1. The lowest BCUT2D eigenvalue weighted by atomic mass is 10.0. The fourth-order valence-corrected chi connectivity index (χ4v) is 8.54. The second-order valence-electron chi connectivity index (χ2n) is 14.0. The first-order chi connectivity index (χ1) is 22.8. The molecule has 258 valence electrons. The summed E-state index contributed by atoms with van der Waals surface area (Å²) in [5.74, 6) is 1.05. The van der Waals surface area contributed by atoms with Crippen LogP contribution in [-0.2, 0) is 19.6 Å². The van der Waals surface area contributed by atoms with Crippen molar-refractivity contribution in [3.05, 3.63) is 65.7 Å². The van der Waals surface area contributed by atoms with Gasteiger partial charge in [0, 0.05) is 30.6 Å². The molecule has 0 bridgehead atoms. The topological polar surface area (TPSA) is 114 Å². The molecule has 3 fully saturated rings. The van der Waals surface area contributed by atoms with Gasteiger partial charge >= 0.3 is 6.09 Å². The van der Waals surface area contributed by atoms with E-state index in [1.54, 1.807) is 68.1 Å². The molecular weight excluding hydrogens is 654 g/mol. The van der Waals surface area contributed by atoms with E-state index >= 15 is 0 Å². The number of rotatable bonds is 8. The molecule has 12 heteroatoms. The molecule has 2 atom stereocenters. The molecule has 3 aromatic rings. The van der Waals surface area contributed by atoms with Crippen LogP contribution in [0.25, 0.3) is 10.8 Å². The van der Waals surface area contributed by atoms with Gasteiger partial charge < -0.3 is 24.4 Å². The molecule has 10 nitrogen and oxygen atoms in total. The summed E-state index contributed by atoms with van der Waals surface area (Å²) in [5, 5.41) is 5.10. The number of ether oxygens (including phenoxy) is 3. The van der Waals surface area contributed by atoms with Crippen molar-refractivity contribution in [2.45, 2.75) is 101 Å². The Morgan fingerprint density at radius 2 is 1.46 bits per heavy atom. The average molecular weight is 698 g/mol. The van der Waals surface area contributed by atoms with E-state index in [0.29, 0.717) is 36.7 Å². The summed E-state index contributed by atoms with van der Waals surface area (Å²) in [6.07, 6.45) is 4.91. The minimum atomic E-state index is -4.09. The maximum atomic E-state index is 14.3. The second-order valence-corrected chi connectivity index (χ2v) is 16.3. The van der Waals surface area contributed by atoms with Gasteiger partial charge in [-0.25, -0.2) is 13.2 Å². The summed E-state index contributed by atoms with van der Waals surface area (Å²) < 4.78 is 47.6. The van der Waals surface area contributed by atoms with E-state index in [2.05, 4.69) is 5.32 Å². The Morgan fingerprint density at radius 3 is 2.15 bits per heavy atom. The average Bonchev–Trinajstić information content (AvgIpc) is 3.71. The molecule has 6 rings (SSSR count). The van der Waals surface area contributed by atoms with Gasteiger partial charge in [0.25, 0.3) is 0 Å². The molecule has 0 unspecified atom stereocenters. The normalized spacial score (nSPS) is 21.4. The molecule has 2 amide bonds. The Hall–Kier alpha value is -3.54. The number of amides is 2. The number of carbonyl (C=O) groups is 2. The van der Waals surface area contributed by atoms with Crippen LogP contribution in [0.3, 0.4) is 0 Å². The van der Waals surface area contributed by atoms with Crippen LogP contribution in [0.1, 0.15) is 65.7 Å². The van der Waals surface area contributed by atoms with Crippen LogP contribution in [0.2, 0.25) is 5.02 Å². The summed E-state index contributed by atoms with van der Waals surface area (Å²) in [6.45, 7) is 6.20. The van der Waals surface area contributed by atoms with Crippen LogP contribution in [0.15, 0.2) is 65.6 Å². The molecule has 2 aliphatic heterocycles. The van der Waals surface area contributed by atoms with E-state index in [9.17, 15) is 18.0 Å². The second kappa shape index (κ2) is 14.1. The van der Waals surface area contributed by atoms with Crippen molar-refractivity contribution in [1.29, 1.82) is 0 Å². The van der Waals surface area contributed by atoms with Crippen LogP contribution in [0.4, 0.5) is 4.79 Å². The molecule has 3 aliphatic rings. The predicted octanol–water partition coefficient (Wildman–Crippen LogP) is 6.54. The quantitative estimate of drug-likeness (QED) is 0.284. The first-order valence-electron chi connectivity index (χ1n) is 16.8. The van der Waals surface area contributed by atoms with Crippen molar-refractivity contribution < 1.29 is 32.2 Å². The number of likely N-dealkylation sites (tertiary alicyclic amines) is 1. The minimum Gasteiger partial charge on any atom is -0.490 e. The summed E-state index contributed by atoms with van der Waals surface area (Å²) in [4.78, 5) is 28.2. The maximum absolute atomic E-state index is 14.3. The lowest BCUT2D eigenvalue weighted by Crippen LogP contribution is -2.52. The van der Waals surface area contributed by atoms with Crippen LogP contribution >= 0.6 is 11.6 Å². The molecule has 0 aromatic heterocycles. The first kappa shape index (κ1) is 34.3. The van der Waals surface area contributed by atoms with Crippen molar-refractivity contribution in [3.63, 3.8) is 0 Å². The highest BCUT2D eigenvalue weighted by Gasteiger charge is 2.47. The number of sulfonamides is 1. The van der Waals surface area contributed by atoms with E-state index in [-0.39, 0.29) is 35.9 Å². The number of piperidine rings is 1. The van der Waals surface area contributed by atoms with Crippen molar-refractivity contribution in [2.24, 2.45) is 0 Å². The minimum absolute atomic E-state index is 0.0181. The lowest BCUT2D eigenvalue weighted by molar-refractivity contribution is -0.135. The largest absolute Gasteiger partial charge is 0.490 e. The summed E-state index contributed by atoms with van der Waals surface area (Å²) in [7, 11) is -4.09. The number of hydrogen-bond donors (Lipinski definition) is 1. The molecule has 2 heterocycles. The molecule has 1 saturated carbocycles. The van der Waals surface area contributed by atoms with Gasteiger partial charge in [-0.15, -0.1) is 0 Å². The predicted molar refractivity (Wildman–Crippen MR) is 184 cm³/mol. The Kier molecular flexibility index (Phi) is 10.1. The Balaban J connectivity index is 1.19. The van der Waals surface area contributed by atoms with Gasteiger partial charge in [0.1, 0.15) is 29.2 Å². The van der Waals surface area contributed by atoms with Gasteiger partial charge in [0.15, 0.2) is 0 Å². The third-order valence-electron chi connectivity index (χ3n) is 9.14. The number of nitrogens with one attached hydrogen (secondary N) is 1. The lowest BCUT2D eigenvalue weighted by Gasteiger charge is -2.35. The van der Waals surface area contributed by atoms with Crippen molar-refractivity contribution in [2.75, 3.05) is 19.6 Å². The molecule has 0 spiro atoms. The highest BCUT2D eigenvalue weighted by Crippen LogP contribution is 2.33. The number of carbonyl (C=O) groups excluding carboxylic acids is 2. The molecule has 2 saturated heterocycles. The fourth-order valence-electron chi connectivity index (χ4n) is 6.75. The van der Waals surface area contributed by atoms with Gasteiger partial charge in [-0.3, -0.25) is 4.79 Å². The number of hydrogen-bond acceptors (Lipinski definition) is 7. The smallest absolute Gasteiger partial charge is 0.407 e. The first-order valence-corrected chi connectivity index (χ1v) is 18.6. The zero-order valence-electron chi connectivity index (χ0n) is 27.7. The van der Waals surface area contributed by atoms with Crippen LogP contribution in [0, 0.1) is 0 Å². The summed E-state index contributed by atoms with van der Waals surface area (Å²) in [6, 6.07) is 16.5. The van der Waals surface area contributed by atoms with E-state index in [1.165, 1.54) is 17.1 Å². The highest BCUT2D eigenvalue weighted by molar-refractivity contribution is 7.89. The van der Waals surface area contributed by atoms with E-state index in [4.69, 9.17) is 25.8 Å². The van der Waals surface area contributed by atoms with Crippen molar-refractivity contribution in [3.8, 4) is 11.5 Å². The molecule has 1 N–H and O–H groups in total. The van der Waals surface area contributed by atoms with E-state index < -0.39 is 33.9 Å². The molecule has 3 aromatic carbocycles. The zero-order valence-corrected chi connectivity index (χ0v) is 29.3. The number of nitrogens with zero attached hydrogens (tertiary/aromatic N) is 2. The monoisotopic (exact) mass is 697 g/mol. The summed E-state index contributed by atoms with van der Waals surface area (Å²) in [5.41, 5.74) is -0.611. The van der Waals surface area contributed by atoms with Gasteiger partial charge in [0.05, 0.1) is 17.5 Å². The molecule has 48 heavy (non-hydrogen) atoms. The van der Waals surface area contributed by atoms with Gasteiger partial charge in [-0.1, -0.05) is 23.7 Å². The Bertz CT molecular complexity index is 1730. The Labute approximate surface area is 287 Å². The number of halogens is 1. The SMILES string of the molecule is CC(C)(C)OC(=O)NC1CCN(C(=O)[C@@H]2C[C@H](Oc3ccc(Cl)cc3)CN2S(=O)(=O)c2ccc3cc(OC4CCCC4)ccc3c2)CC1. The fraction of sp³-hybridized carbons (Fsp3) is 0.500.